The van der Waals surface area contributed by atoms with Crippen molar-refractivity contribution >= 4 is 33.0 Å². The van der Waals surface area contributed by atoms with E-state index < -0.39 is 10.0 Å². The predicted molar refractivity (Wildman–Crippen MR) is 157 cm³/mol. The number of rotatable bonds is 10. The molecule has 2 aromatic heterocycles. The van der Waals surface area contributed by atoms with Crippen LogP contribution in [0.3, 0.4) is 0 Å². The summed E-state index contributed by atoms with van der Waals surface area (Å²) in [6, 6.07) is 18.6. The van der Waals surface area contributed by atoms with Gasteiger partial charge in [-0.15, -0.1) is 0 Å². The Morgan fingerprint density at radius 3 is 2.44 bits per heavy atom. The standard InChI is InChI=1S/C30H35N5O5S/c1-22-13-14-26(18-34(22)30(36)40-19-23-9-5-3-6-10-23)33-28-27-25(15-16-39-2)17-35(29(27)32-21-31-28)41(37,38)20-24-11-7-4-8-12-24/h3-12,17,21-22,26H,13-16,18-20H2,1-2H3,(H,31,32,33)/t22-,26+/m0/s1. The van der Waals surface area contributed by atoms with E-state index in [1.54, 1.807) is 30.3 Å². The van der Waals surface area contributed by atoms with Crippen LogP contribution in [0.15, 0.2) is 73.2 Å². The second-order valence-corrected chi connectivity index (χ2v) is 12.2. The number of piperidine rings is 1. The van der Waals surface area contributed by atoms with Gasteiger partial charge in [0, 0.05) is 31.9 Å². The van der Waals surface area contributed by atoms with E-state index in [4.69, 9.17) is 9.47 Å². The van der Waals surface area contributed by atoms with Crippen LogP contribution in [0.5, 0.6) is 0 Å². The molecule has 4 aromatic rings. The Kier molecular flexibility index (Phi) is 8.84. The summed E-state index contributed by atoms with van der Waals surface area (Å²) in [5.74, 6) is 0.376. The summed E-state index contributed by atoms with van der Waals surface area (Å²) in [4.78, 5) is 23.6. The molecule has 2 aromatic carbocycles. The van der Waals surface area contributed by atoms with E-state index in [2.05, 4.69) is 15.3 Å². The number of hydrogen-bond acceptors (Lipinski definition) is 8. The van der Waals surface area contributed by atoms with Crippen molar-refractivity contribution in [2.45, 2.75) is 50.6 Å². The van der Waals surface area contributed by atoms with E-state index in [0.29, 0.717) is 42.0 Å². The lowest BCUT2D eigenvalue weighted by Gasteiger charge is -2.37. The number of nitrogens with zero attached hydrogens (tertiary/aromatic N) is 4. The maximum atomic E-state index is 13.5. The van der Waals surface area contributed by atoms with E-state index in [1.807, 2.05) is 55.5 Å². The van der Waals surface area contributed by atoms with Gasteiger partial charge in [-0.25, -0.2) is 27.2 Å². The third-order valence-corrected chi connectivity index (χ3v) is 8.94. The number of aromatic nitrogens is 3. The third-order valence-electron chi connectivity index (χ3n) is 7.36. The van der Waals surface area contributed by atoms with E-state index in [-0.39, 0.29) is 30.5 Å². The van der Waals surface area contributed by atoms with Crippen LogP contribution in [0, 0.1) is 0 Å². The van der Waals surface area contributed by atoms with Crippen molar-refractivity contribution in [3.63, 3.8) is 0 Å². The van der Waals surface area contributed by atoms with E-state index in [0.717, 1.165) is 24.0 Å². The van der Waals surface area contributed by atoms with Gasteiger partial charge in [0.25, 0.3) is 0 Å². The minimum atomic E-state index is -3.76. The van der Waals surface area contributed by atoms with Gasteiger partial charge in [-0.1, -0.05) is 60.7 Å². The van der Waals surface area contributed by atoms with E-state index in [9.17, 15) is 13.2 Å². The lowest BCUT2D eigenvalue weighted by Crippen LogP contribution is -2.49. The van der Waals surface area contributed by atoms with Crippen molar-refractivity contribution in [3.8, 4) is 0 Å². The summed E-state index contributed by atoms with van der Waals surface area (Å²) < 4.78 is 39.2. The molecule has 2 atom stereocenters. The number of nitrogens with one attached hydrogen (secondary N) is 1. The Morgan fingerprint density at radius 2 is 1.73 bits per heavy atom. The number of carbonyl (C=O) groups excluding carboxylic acids is 1. The second kappa shape index (κ2) is 12.7. The highest BCUT2D eigenvalue weighted by molar-refractivity contribution is 7.89. The zero-order valence-electron chi connectivity index (χ0n) is 23.3. The Labute approximate surface area is 240 Å². The van der Waals surface area contributed by atoms with Gasteiger partial charge in [-0.2, -0.15) is 0 Å². The number of benzene rings is 2. The highest BCUT2D eigenvalue weighted by atomic mass is 32.2. The number of methoxy groups -OCH3 is 1. The molecule has 5 rings (SSSR count). The summed E-state index contributed by atoms with van der Waals surface area (Å²) in [5, 5.41) is 4.12. The molecule has 10 nitrogen and oxygen atoms in total. The summed E-state index contributed by atoms with van der Waals surface area (Å²) in [6.45, 7) is 3.07. The number of carbonyl (C=O) groups is 1. The number of anilines is 1. The van der Waals surface area contributed by atoms with Crippen LogP contribution in [0.25, 0.3) is 11.0 Å². The van der Waals surface area contributed by atoms with Crippen molar-refractivity contribution in [2.75, 3.05) is 25.6 Å². The van der Waals surface area contributed by atoms with Gasteiger partial charge < -0.3 is 19.7 Å². The van der Waals surface area contributed by atoms with Crippen LogP contribution in [0.2, 0.25) is 0 Å². The Hall–Kier alpha value is -3.96. The van der Waals surface area contributed by atoms with Gasteiger partial charge in [-0.3, -0.25) is 0 Å². The van der Waals surface area contributed by atoms with E-state index in [1.165, 1.54) is 10.3 Å². The van der Waals surface area contributed by atoms with Crippen molar-refractivity contribution in [2.24, 2.45) is 0 Å². The summed E-state index contributed by atoms with van der Waals surface area (Å²) in [7, 11) is -2.16. The topological polar surface area (TPSA) is 116 Å². The Bertz CT molecular complexity index is 1580. The Balaban J connectivity index is 1.38. The van der Waals surface area contributed by atoms with Gasteiger partial charge in [-0.05, 0) is 42.9 Å². The molecule has 1 aliphatic heterocycles. The van der Waals surface area contributed by atoms with Crippen molar-refractivity contribution in [1.82, 2.24) is 18.8 Å². The highest BCUT2D eigenvalue weighted by Gasteiger charge is 2.31. The quantitative estimate of drug-likeness (QED) is 0.291. The van der Waals surface area contributed by atoms with Crippen LogP contribution < -0.4 is 5.32 Å². The molecule has 0 spiro atoms. The molecular weight excluding hydrogens is 542 g/mol. The smallest absolute Gasteiger partial charge is 0.410 e. The zero-order chi connectivity index (χ0) is 28.8. The molecule has 0 radical (unpaired) electrons. The first-order valence-corrected chi connectivity index (χ1v) is 15.3. The highest BCUT2D eigenvalue weighted by Crippen LogP contribution is 2.30. The first-order chi connectivity index (χ1) is 19.9. The molecule has 0 bridgehead atoms. The SMILES string of the molecule is COCCc1cn(S(=O)(=O)Cc2ccccc2)c2ncnc(N[C@@H]3CC[C@H](C)N(C(=O)OCc4ccccc4)C3)c12. The van der Waals surface area contributed by atoms with E-state index >= 15 is 0 Å². The zero-order valence-corrected chi connectivity index (χ0v) is 24.1. The molecule has 3 heterocycles. The molecule has 1 N–H and O–H groups in total. The number of fused-ring (bicyclic) bond motifs is 1. The van der Waals surface area contributed by atoms with Gasteiger partial charge in [0.15, 0.2) is 5.65 Å². The van der Waals surface area contributed by atoms with Gasteiger partial charge in [0.05, 0.1) is 17.7 Å². The van der Waals surface area contributed by atoms with Crippen LogP contribution in [-0.4, -0.2) is 65.7 Å². The molecule has 1 aliphatic rings. The molecule has 11 heteroatoms. The monoisotopic (exact) mass is 577 g/mol. The molecule has 1 amide bonds. The van der Waals surface area contributed by atoms with Crippen molar-refractivity contribution in [1.29, 1.82) is 0 Å². The Morgan fingerprint density at radius 1 is 1.02 bits per heavy atom. The van der Waals surface area contributed by atoms with Crippen LogP contribution >= 0.6 is 0 Å². The molecule has 0 saturated carbocycles. The van der Waals surface area contributed by atoms with Crippen LogP contribution in [0.1, 0.15) is 36.5 Å². The fourth-order valence-corrected chi connectivity index (χ4v) is 6.60. The largest absolute Gasteiger partial charge is 0.445 e. The third kappa shape index (κ3) is 6.68. The van der Waals surface area contributed by atoms with Crippen LogP contribution in [-0.2, 0) is 38.3 Å². The average molecular weight is 578 g/mol. The molecule has 216 valence electrons. The number of amides is 1. The number of hydrogen-bond donors (Lipinski definition) is 1. The van der Waals surface area contributed by atoms with Gasteiger partial charge in [0.1, 0.15) is 18.8 Å². The van der Waals surface area contributed by atoms with Crippen molar-refractivity contribution < 1.29 is 22.7 Å². The first-order valence-electron chi connectivity index (χ1n) is 13.7. The fraction of sp³-hybridized carbons (Fsp3) is 0.367. The normalized spacial score (nSPS) is 17.5. The molecule has 41 heavy (non-hydrogen) atoms. The summed E-state index contributed by atoms with van der Waals surface area (Å²) >= 11 is 0. The van der Waals surface area contributed by atoms with Crippen LogP contribution in [0.4, 0.5) is 10.6 Å². The molecule has 0 unspecified atom stereocenters. The maximum absolute atomic E-state index is 13.5. The van der Waals surface area contributed by atoms with Gasteiger partial charge in [0.2, 0.25) is 10.0 Å². The molecule has 1 saturated heterocycles. The maximum Gasteiger partial charge on any atom is 0.410 e. The minimum Gasteiger partial charge on any atom is -0.445 e. The van der Waals surface area contributed by atoms with Gasteiger partial charge >= 0.3 is 6.09 Å². The summed E-state index contributed by atoms with van der Waals surface area (Å²) in [5.41, 5.74) is 2.70. The number of likely N-dealkylation sites (tertiary alicyclic amines) is 1. The van der Waals surface area contributed by atoms with Crippen molar-refractivity contribution in [3.05, 3.63) is 89.9 Å². The number of ether oxygens (including phenoxy) is 2. The second-order valence-electron chi connectivity index (χ2n) is 10.3. The fourth-order valence-electron chi connectivity index (χ4n) is 5.16. The summed E-state index contributed by atoms with van der Waals surface area (Å²) in [6.07, 6.45) is 4.72. The molecule has 0 aliphatic carbocycles. The molecular formula is C30H35N5O5S. The lowest BCUT2D eigenvalue weighted by atomic mass is 9.99. The minimum absolute atomic E-state index is 0.0308. The molecule has 1 fully saturated rings. The average Bonchev–Trinajstić information content (AvgIpc) is 3.37. The lowest BCUT2D eigenvalue weighted by molar-refractivity contribution is 0.0696. The predicted octanol–water partition coefficient (Wildman–Crippen LogP) is 4.60. The first kappa shape index (κ1) is 28.6.